The van der Waals surface area contributed by atoms with E-state index in [1.54, 1.807) is 0 Å². The smallest absolute Gasteiger partial charge is 0.410 e. The summed E-state index contributed by atoms with van der Waals surface area (Å²) in [6.45, 7) is 2.62. The van der Waals surface area contributed by atoms with Crippen molar-refractivity contribution < 1.29 is 14.6 Å². The molecule has 1 aliphatic rings. The van der Waals surface area contributed by atoms with Gasteiger partial charge in [0.1, 0.15) is 6.61 Å². The molecular formula is C16H24N2O3. The highest BCUT2D eigenvalue weighted by Crippen LogP contribution is 2.19. The molecule has 0 spiro atoms. The maximum absolute atomic E-state index is 12.2. The maximum Gasteiger partial charge on any atom is 0.410 e. The van der Waals surface area contributed by atoms with E-state index in [-0.39, 0.29) is 18.7 Å². The fraction of sp³-hybridized carbons (Fsp3) is 0.562. The van der Waals surface area contributed by atoms with Crippen molar-refractivity contribution in [1.29, 1.82) is 0 Å². The van der Waals surface area contributed by atoms with Crippen LogP contribution in [0.5, 0.6) is 0 Å². The third-order valence-electron chi connectivity index (χ3n) is 3.82. The van der Waals surface area contributed by atoms with Crippen LogP contribution in [0.15, 0.2) is 30.3 Å². The summed E-state index contributed by atoms with van der Waals surface area (Å²) in [4.78, 5) is 16.1. The molecule has 0 aromatic heterocycles. The van der Waals surface area contributed by atoms with Crippen molar-refractivity contribution in [2.45, 2.75) is 25.5 Å². The molecule has 1 aliphatic heterocycles. The number of carbonyl (C=O) groups is 1. The summed E-state index contributed by atoms with van der Waals surface area (Å²) in [5.41, 5.74) is 0.999. The predicted molar refractivity (Wildman–Crippen MR) is 80.9 cm³/mol. The highest BCUT2D eigenvalue weighted by Gasteiger charge is 2.30. The minimum Gasteiger partial charge on any atom is -0.445 e. The molecular weight excluding hydrogens is 268 g/mol. The Morgan fingerprint density at radius 2 is 2.19 bits per heavy atom. The van der Waals surface area contributed by atoms with E-state index in [1.165, 1.54) is 0 Å². The average Bonchev–Trinajstić information content (AvgIpc) is 2.94. The summed E-state index contributed by atoms with van der Waals surface area (Å²) < 4.78 is 5.40. The van der Waals surface area contributed by atoms with E-state index in [4.69, 9.17) is 9.84 Å². The van der Waals surface area contributed by atoms with Gasteiger partial charge in [0.15, 0.2) is 0 Å². The second-order valence-electron chi connectivity index (χ2n) is 5.52. The summed E-state index contributed by atoms with van der Waals surface area (Å²) in [5, 5.41) is 8.95. The molecule has 1 aromatic carbocycles. The van der Waals surface area contributed by atoms with Crippen LogP contribution in [0, 0.1) is 0 Å². The molecule has 2 rings (SSSR count). The van der Waals surface area contributed by atoms with Gasteiger partial charge in [-0.05, 0) is 25.5 Å². The van der Waals surface area contributed by atoms with Gasteiger partial charge in [-0.25, -0.2) is 4.79 Å². The first-order chi connectivity index (χ1) is 10.2. The third kappa shape index (κ3) is 4.72. The monoisotopic (exact) mass is 292 g/mol. The van der Waals surface area contributed by atoms with Gasteiger partial charge in [-0.1, -0.05) is 30.3 Å². The fourth-order valence-electron chi connectivity index (χ4n) is 2.69. The second kappa shape index (κ2) is 8.00. The van der Waals surface area contributed by atoms with Crippen LogP contribution >= 0.6 is 0 Å². The first kappa shape index (κ1) is 15.8. The molecule has 1 heterocycles. The molecule has 0 aliphatic carbocycles. The van der Waals surface area contributed by atoms with Crippen LogP contribution in [0.2, 0.25) is 0 Å². The Morgan fingerprint density at radius 1 is 1.43 bits per heavy atom. The Balaban J connectivity index is 1.83. The number of benzene rings is 1. The number of amides is 1. The van der Waals surface area contributed by atoms with Crippen molar-refractivity contribution in [2.75, 3.05) is 33.3 Å². The maximum atomic E-state index is 12.2. The van der Waals surface area contributed by atoms with Crippen molar-refractivity contribution in [3.63, 3.8) is 0 Å². The van der Waals surface area contributed by atoms with Crippen LogP contribution in [-0.2, 0) is 11.3 Å². The van der Waals surface area contributed by atoms with Crippen LogP contribution in [0.4, 0.5) is 4.79 Å². The van der Waals surface area contributed by atoms with Gasteiger partial charge in [0.05, 0.1) is 6.61 Å². The second-order valence-corrected chi connectivity index (χ2v) is 5.52. The highest BCUT2D eigenvalue weighted by molar-refractivity contribution is 5.68. The first-order valence-electron chi connectivity index (χ1n) is 7.47. The minimum absolute atomic E-state index is 0.141. The average molecular weight is 292 g/mol. The Morgan fingerprint density at radius 3 is 2.90 bits per heavy atom. The highest BCUT2D eigenvalue weighted by atomic mass is 16.6. The number of hydrogen-bond donors (Lipinski definition) is 1. The molecule has 21 heavy (non-hydrogen) atoms. The Kier molecular flexibility index (Phi) is 6.02. The molecule has 1 atom stereocenters. The molecule has 5 nitrogen and oxygen atoms in total. The summed E-state index contributed by atoms with van der Waals surface area (Å²) in [6, 6.07) is 9.90. The van der Waals surface area contributed by atoms with Crippen LogP contribution in [0.3, 0.4) is 0 Å². The van der Waals surface area contributed by atoms with Gasteiger partial charge in [0, 0.05) is 25.7 Å². The molecule has 0 radical (unpaired) electrons. The molecule has 0 bridgehead atoms. The molecule has 1 amide bonds. The molecule has 0 saturated carbocycles. The van der Waals surface area contributed by atoms with Crippen LogP contribution in [0.1, 0.15) is 18.4 Å². The van der Waals surface area contributed by atoms with Crippen molar-refractivity contribution in [3.8, 4) is 0 Å². The zero-order chi connectivity index (χ0) is 15.1. The normalized spacial score (nSPS) is 18.2. The molecule has 1 saturated heterocycles. The Bertz CT molecular complexity index is 438. The van der Waals surface area contributed by atoms with Crippen molar-refractivity contribution in [2.24, 2.45) is 0 Å². The fourth-order valence-corrected chi connectivity index (χ4v) is 2.69. The lowest BCUT2D eigenvalue weighted by molar-refractivity contribution is 0.0846. The number of likely N-dealkylation sites (N-methyl/N-ethyl adjacent to an activating group) is 1. The number of aliphatic hydroxyl groups is 1. The van der Waals surface area contributed by atoms with Gasteiger partial charge >= 0.3 is 6.09 Å². The van der Waals surface area contributed by atoms with Crippen molar-refractivity contribution in [3.05, 3.63) is 35.9 Å². The van der Waals surface area contributed by atoms with E-state index in [2.05, 4.69) is 0 Å². The van der Waals surface area contributed by atoms with Crippen LogP contribution < -0.4 is 0 Å². The van der Waals surface area contributed by atoms with E-state index >= 15 is 0 Å². The van der Waals surface area contributed by atoms with Gasteiger partial charge in [0.2, 0.25) is 0 Å². The molecule has 116 valence electrons. The van der Waals surface area contributed by atoms with Crippen LogP contribution in [0.25, 0.3) is 0 Å². The SMILES string of the molecule is CN(CCO)C[C@@H]1CCCN1C(=O)OCc1ccccc1. The lowest BCUT2D eigenvalue weighted by Gasteiger charge is -2.27. The van der Waals surface area contributed by atoms with Crippen LogP contribution in [-0.4, -0.2) is 60.3 Å². The minimum atomic E-state index is -0.237. The number of rotatable bonds is 6. The van der Waals surface area contributed by atoms with E-state index in [1.807, 2.05) is 47.2 Å². The topological polar surface area (TPSA) is 53.0 Å². The summed E-state index contributed by atoms with van der Waals surface area (Å²) in [5.74, 6) is 0. The van der Waals surface area contributed by atoms with E-state index in [0.717, 1.165) is 31.5 Å². The number of aliphatic hydroxyl groups excluding tert-OH is 1. The summed E-state index contributed by atoms with van der Waals surface area (Å²) >= 11 is 0. The third-order valence-corrected chi connectivity index (χ3v) is 3.82. The van der Waals surface area contributed by atoms with Gasteiger partial charge in [-0.3, -0.25) is 0 Å². The van der Waals surface area contributed by atoms with Gasteiger partial charge in [-0.2, -0.15) is 0 Å². The number of carbonyl (C=O) groups excluding carboxylic acids is 1. The largest absolute Gasteiger partial charge is 0.445 e. The first-order valence-corrected chi connectivity index (χ1v) is 7.47. The van der Waals surface area contributed by atoms with Gasteiger partial charge < -0.3 is 19.6 Å². The number of nitrogens with zero attached hydrogens (tertiary/aromatic N) is 2. The van der Waals surface area contributed by atoms with Gasteiger partial charge in [-0.15, -0.1) is 0 Å². The lowest BCUT2D eigenvalue weighted by Crippen LogP contribution is -2.43. The number of ether oxygens (including phenoxy) is 1. The number of likely N-dealkylation sites (tertiary alicyclic amines) is 1. The van der Waals surface area contributed by atoms with E-state index in [9.17, 15) is 4.79 Å². The molecule has 5 heteroatoms. The van der Waals surface area contributed by atoms with E-state index in [0.29, 0.717) is 13.2 Å². The van der Waals surface area contributed by atoms with Crippen molar-refractivity contribution in [1.82, 2.24) is 9.80 Å². The zero-order valence-corrected chi connectivity index (χ0v) is 12.6. The standard InChI is InChI=1S/C16H24N2O3/c1-17(10-11-19)12-15-8-5-9-18(15)16(20)21-13-14-6-3-2-4-7-14/h2-4,6-7,15,19H,5,8-13H2,1H3/t15-/m0/s1. The van der Waals surface area contributed by atoms with Gasteiger partial charge in [0.25, 0.3) is 0 Å². The molecule has 1 N–H and O–H groups in total. The predicted octanol–water partition coefficient (Wildman–Crippen LogP) is 1.71. The quantitative estimate of drug-likeness (QED) is 0.867. The van der Waals surface area contributed by atoms with Crippen molar-refractivity contribution >= 4 is 6.09 Å². The summed E-state index contributed by atoms with van der Waals surface area (Å²) in [7, 11) is 1.96. The summed E-state index contributed by atoms with van der Waals surface area (Å²) in [6.07, 6.45) is 1.77. The Labute approximate surface area is 126 Å². The lowest BCUT2D eigenvalue weighted by atomic mass is 10.2. The molecule has 0 unspecified atom stereocenters. The molecule has 1 fully saturated rings. The zero-order valence-electron chi connectivity index (χ0n) is 12.6. The number of hydrogen-bond acceptors (Lipinski definition) is 4. The van der Waals surface area contributed by atoms with E-state index < -0.39 is 0 Å². The molecule has 1 aromatic rings. The Hall–Kier alpha value is -1.59.